The van der Waals surface area contributed by atoms with Crippen LogP contribution >= 0.6 is 0 Å². The number of halogens is 3. The molecule has 0 bridgehead atoms. The molecule has 0 aromatic heterocycles. The molecule has 0 saturated heterocycles. The van der Waals surface area contributed by atoms with Crippen LogP contribution in [0.5, 0.6) is 0 Å². The van der Waals surface area contributed by atoms with Crippen molar-refractivity contribution in [1.82, 2.24) is 0 Å². The monoisotopic (exact) mass is 326 g/mol. The maximum absolute atomic E-state index is 12.2. The van der Waals surface area contributed by atoms with Gasteiger partial charge >= 0.3 is 21.5 Å². The van der Waals surface area contributed by atoms with Crippen LogP contribution in [0.1, 0.15) is 17.3 Å². The minimum absolute atomic E-state index is 0.00476. The van der Waals surface area contributed by atoms with Gasteiger partial charge in [0.05, 0.1) is 11.3 Å². The number of rotatable bonds is 4. The lowest BCUT2D eigenvalue weighted by Gasteiger charge is -2.13. The molecule has 116 valence electrons. The molecule has 0 heterocycles. The molecule has 0 aliphatic heterocycles. The van der Waals surface area contributed by atoms with E-state index in [1.54, 1.807) is 0 Å². The van der Waals surface area contributed by atoms with Gasteiger partial charge in [0, 0.05) is 12.6 Å². The minimum atomic E-state index is -5.74. The van der Waals surface area contributed by atoms with E-state index in [9.17, 15) is 31.2 Å². The first-order valence-electron chi connectivity index (χ1n) is 5.18. The molecule has 1 rings (SSSR count). The highest BCUT2D eigenvalue weighted by atomic mass is 32.2. The third kappa shape index (κ3) is 4.08. The molecule has 7 nitrogen and oxygen atoms in total. The molecule has 0 unspecified atom stereocenters. The normalized spacial score (nSPS) is 11.8. The predicted octanol–water partition coefficient (Wildman–Crippen LogP) is 1.60. The third-order valence-electron chi connectivity index (χ3n) is 2.12. The molecular formula is C10H9F3N2O5S. The maximum Gasteiger partial charge on any atom is 0.516 e. The molecule has 21 heavy (non-hydrogen) atoms. The highest BCUT2D eigenvalue weighted by Gasteiger charge is 2.46. The molecule has 11 heteroatoms. The van der Waals surface area contributed by atoms with E-state index in [1.165, 1.54) is 0 Å². The highest BCUT2D eigenvalue weighted by Crippen LogP contribution is 2.28. The Bertz CT molecular complexity index is 684. The molecule has 0 spiro atoms. The van der Waals surface area contributed by atoms with Gasteiger partial charge < -0.3 is 10.4 Å². The molecule has 0 aliphatic carbocycles. The van der Waals surface area contributed by atoms with Gasteiger partial charge in [-0.05, 0) is 18.2 Å². The second-order valence-corrected chi connectivity index (χ2v) is 5.47. The molecule has 0 saturated carbocycles. The van der Waals surface area contributed by atoms with E-state index in [4.69, 9.17) is 5.11 Å². The van der Waals surface area contributed by atoms with Crippen LogP contribution in [0.4, 0.5) is 24.5 Å². The number of alkyl halides is 3. The number of nitrogens with one attached hydrogen (secondary N) is 2. The first-order valence-corrected chi connectivity index (χ1v) is 6.66. The summed E-state index contributed by atoms with van der Waals surface area (Å²) in [5.41, 5.74) is -7.10. The summed E-state index contributed by atoms with van der Waals surface area (Å²) in [6.07, 6.45) is 0. The number of aromatic carboxylic acids is 1. The Labute approximate surface area is 116 Å². The summed E-state index contributed by atoms with van der Waals surface area (Å²) in [6, 6.07) is 2.69. The first-order chi connectivity index (χ1) is 9.44. The van der Waals surface area contributed by atoms with E-state index in [0.29, 0.717) is 0 Å². The average molecular weight is 326 g/mol. The lowest BCUT2D eigenvalue weighted by molar-refractivity contribution is -0.114. The number of hydrogen-bond donors (Lipinski definition) is 3. The van der Waals surface area contributed by atoms with Crippen molar-refractivity contribution in [3.8, 4) is 0 Å². The van der Waals surface area contributed by atoms with Crippen molar-refractivity contribution in [3.05, 3.63) is 23.8 Å². The second kappa shape index (κ2) is 5.60. The van der Waals surface area contributed by atoms with Gasteiger partial charge in [-0.1, -0.05) is 0 Å². The third-order valence-corrected chi connectivity index (χ3v) is 3.22. The Balaban J connectivity index is 3.26. The van der Waals surface area contributed by atoms with Crippen molar-refractivity contribution in [3.63, 3.8) is 0 Å². The fourth-order valence-corrected chi connectivity index (χ4v) is 1.88. The summed E-state index contributed by atoms with van der Waals surface area (Å²) in [5.74, 6) is -2.20. The Morgan fingerprint density at radius 3 is 2.24 bits per heavy atom. The van der Waals surface area contributed by atoms with Crippen molar-refractivity contribution in [1.29, 1.82) is 0 Å². The minimum Gasteiger partial charge on any atom is -0.478 e. The van der Waals surface area contributed by atoms with Gasteiger partial charge in [0.15, 0.2) is 0 Å². The van der Waals surface area contributed by atoms with E-state index in [-0.39, 0.29) is 5.69 Å². The lowest BCUT2D eigenvalue weighted by atomic mass is 10.1. The topological polar surface area (TPSA) is 113 Å². The number of carbonyl (C=O) groups is 2. The van der Waals surface area contributed by atoms with Crippen LogP contribution in [-0.2, 0) is 14.8 Å². The van der Waals surface area contributed by atoms with E-state index in [2.05, 4.69) is 5.32 Å². The summed E-state index contributed by atoms with van der Waals surface area (Å²) in [6.45, 7) is 1.14. The zero-order valence-corrected chi connectivity index (χ0v) is 11.2. The van der Waals surface area contributed by atoms with Crippen molar-refractivity contribution in [2.75, 3.05) is 10.0 Å². The largest absolute Gasteiger partial charge is 0.516 e. The molecule has 0 atom stereocenters. The number of carboxylic acids is 1. The molecule has 1 aromatic carbocycles. The molecular weight excluding hydrogens is 317 g/mol. The Hall–Kier alpha value is -2.30. The average Bonchev–Trinajstić information content (AvgIpc) is 2.28. The quantitative estimate of drug-likeness (QED) is 0.778. The van der Waals surface area contributed by atoms with E-state index >= 15 is 0 Å². The van der Waals surface area contributed by atoms with Gasteiger partial charge in [-0.3, -0.25) is 9.52 Å². The van der Waals surface area contributed by atoms with Gasteiger partial charge in [-0.25, -0.2) is 4.79 Å². The van der Waals surface area contributed by atoms with E-state index in [1.807, 2.05) is 0 Å². The molecule has 0 aliphatic rings. The van der Waals surface area contributed by atoms with Crippen molar-refractivity contribution < 1.29 is 36.3 Å². The van der Waals surface area contributed by atoms with Crippen LogP contribution < -0.4 is 10.0 Å². The van der Waals surface area contributed by atoms with E-state index in [0.717, 1.165) is 29.8 Å². The van der Waals surface area contributed by atoms with Crippen LogP contribution in [-0.4, -0.2) is 30.9 Å². The smallest absolute Gasteiger partial charge is 0.478 e. The highest BCUT2D eigenvalue weighted by molar-refractivity contribution is 7.93. The van der Waals surface area contributed by atoms with E-state index < -0.39 is 38.7 Å². The number of anilines is 2. The fraction of sp³-hybridized carbons (Fsp3) is 0.200. The Morgan fingerprint density at radius 2 is 1.81 bits per heavy atom. The number of carboxylic acid groups (broad SMARTS) is 1. The van der Waals surface area contributed by atoms with Gasteiger partial charge in [0.1, 0.15) is 0 Å². The molecule has 1 amide bonds. The van der Waals surface area contributed by atoms with Gasteiger partial charge in [-0.2, -0.15) is 21.6 Å². The Morgan fingerprint density at radius 1 is 1.24 bits per heavy atom. The van der Waals surface area contributed by atoms with Crippen LogP contribution in [0.25, 0.3) is 0 Å². The van der Waals surface area contributed by atoms with Crippen LogP contribution in [0.3, 0.4) is 0 Å². The first kappa shape index (κ1) is 16.8. The summed E-state index contributed by atoms with van der Waals surface area (Å²) < 4.78 is 59.8. The maximum atomic E-state index is 12.2. The summed E-state index contributed by atoms with van der Waals surface area (Å²) >= 11 is 0. The number of hydrogen-bond acceptors (Lipinski definition) is 4. The predicted molar refractivity (Wildman–Crippen MR) is 66.3 cm³/mol. The van der Waals surface area contributed by atoms with Crippen molar-refractivity contribution in [2.45, 2.75) is 12.4 Å². The van der Waals surface area contributed by atoms with Crippen LogP contribution in [0, 0.1) is 0 Å². The second-order valence-electron chi connectivity index (χ2n) is 3.80. The SMILES string of the molecule is CC(=O)Nc1ccc(NS(=O)(=O)C(F)(F)F)c(C(=O)O)c1. The lowest BCUT2D eigenvalue weighted by Crippen LogP contribution is -2.30. The number of sulfonamides is 1. The van der Waals surface area contributed by atoms with Crippen LogP contribution in [0.2, 0.25) is 0 Å². The van der Waals surface area contributed by atoms with Gasteiger partial charge in [-0.15, -0.1) is 0 Å². The fourth-order valence-electron chi connectivity index (χ4n) is 1.29. The molecule has 3 N–H and O–H groups in total. The summed E-state index contributed by atoms with van der Waals surface area (Å²) in [5, 5.41) is 11.1. The summed E-state index contributed by atoms with van der Waals surface area (Å²) in [7, 11) is -5.74. The molecule has 0 fully saturated rings. The van der Waals surface area contributed by atoms with Gasteiger partial charge in [0.2, 0.25) is 5.91 Å². The molecule has 1 aromatic rings. The van der Waals surface area contributed by atoms with Crippen molar-refractivity contribution >= 4 is 33.3 Å². The summed E-state index contributed by atoms with van der Waals surface area (Å²) in [4.78, 5) is 21.8. The molecule has 0 radical (unpaired) electrons. The van der Waals surface area contributed by atoms with Gasteiger partial charge in [0.25, 0.3) is 0 Å². The number of carbonyl (C=O) groups excluding carboxylic acids is 1. The zero-order chi connectivity index (χ0) is 16.4. The standard InChI is InChI=1S/C10H9F3N2O5S/c1-5(16)14-6-2-3-8(7(4-6)9(17)18)15-21(19,20)10(11,12)13/h2-4,15H,1H3,(H,14,16)(H,17,18). The van der Waals surface area contributed by atoms with Crippen molar-refractivity contribution in [2.24, 2.45) is 0 Å². The number of benzene rings is 1. The van der Waals surface area contributed by atoms with Crippen LogP contribution in [0.15, 0.2) is 18.2 Å². The zero-order valence-electron chi connectivity index (χ0n) is 10.4. The Kier molecular flexibility index (Phi) is 4.46. The number of amides is 1.